The molecule has 0 bridgehead atoms. The van der Waals surface area contributed by atoms with Crippen LogP contribution in [0.1, 0.15) is 30.6 Å². The van der Waals surface area contributed by atoms with E-state index in [1.807, 2.05) is 6.92 Å². The monoisotopic (exact) mass is 225 g/mol. The van der Waals surface area contributed by atoms with Gasteiger partial charge in [-0.1, -0.05) is 20.3 Å². The van der Waals surface area contributed by atoms with Crippen LogP contribution in [0.3, 0.4) is 0 Å². The van der Waals surface area contributed by atoms with Crippen LogP contribution in [-0.4, -0.2) is 23.0 Å². The summed E-state index contributed by atoms with van der Waals surface area (Å²) in [4.78, 5) is 22.6. The van der Waals surface area contributed by atoms with Gasteiger partial charge in [0.25, 0.3) is 5.91 Å². The molecule has 0 aliphatic heterocycles. The van der Waals surface area contributed by atoms with Crippen LogP contribution in [0.4, 0.5) is 0 Å². The standard InChI is InChI=1S/C11H15NO4/c1-3-7(2)9(11(14)15)12-10(13)8-4-5-16-6-8/h4-7,9H,3H2,1-2H3,(H,12,13)(H,14,15)/t7?,9-/m0/s1. The number of carbonyl (C=O) groups excluding carboxylic acids is 1. The van der Waals surface area contributed by atoms with Gasteiger partial charge in [-0.3, -0.25) is 4.79 Å². The summed E-state index contributed by atoms with van der Waals surface area (Å²) in [7, 11) is 0. The molecule has 5 nitrogen and oxygen atoms in total. The second-order valence-electron chi connectivity index (χ2n) is 3.69. The SMILES string of the molecule is CCC(C)[C@H](NC(=O)c1ccoc1)C(=O)O. The molecule has 0 radical (unpaired) electrons. The lowest BCUT2D eigenvalue weighted by atomic mass is 9.99. The molecule has 2 N–H and O–H groups in total. The van der Waals surface area contributed by atoms with Crippen LogP contribution >= 0.6 is 0 Å². The number of hydrogen-bond acceptors (Lipinski definition) is 3. The van der Waals surface area contributed by atoms with E-state index in [-0.39, 0.29) is 5.92 Å². The Bertz CT molecular complexity index is 358. The van der Waals surface area contributed by atoms with Crippen molar-refractivity contribution in [3.63, 3.8) is 0 Å². The third kappa shape index (κ3) is 2.85. The predicted octanol–water partition coefficient (Wildman–Crippen LogP) is 1.51. The van der Waals surface area contributed by atoms with Gasteiger partial charge in [0.2, 0.25) is 0 Å². The summed E-state index contributed by atoms with van der Waals surface area (Å²) in [5.41, 5.74) is 0.328. The number of aliphatic carboxylic acids is 1. The highest BCUT2D eigenvalue weighted by atomic mass is 16.4. The van der Waals surface area contributed by atoms with Crippen molar-refractivity contribution >= 4 is 11.9 Å². The minimum Gasteiger partial charge on any atom is -0.480 e. The first-order valence-corrected chi connectivity index (χ1v) is 5.12. The average Bonchev–Trinajstić information content (AvgIpc) is 2.77. The van der Waals surface area contributed by atoms with Crippen LogP contribution in [0.5, 0.6) is 0 Å². The highest BCUT2D eigenvalue weighted by molar-refractivity contribution is 5.96. The first-order chi connectivity index (χ1) is 7.56. The summed E-state index contributed by atoms with van der Waals surface area (Å²) in [5.74, 6) is -1.57. The molecule has 0 aliphatic carbocycles. The molecule has 1 aromatic heterocycles. The largest absolute Gasteiger partial charge is 0.480 e. The van der Waals surface area contributed by atoms with Crippen LogP contribution < -0.4 is 5.32 Å². The Morgan fingerprint density at radius 1 is 1.56 bits per heavy atom. The molecule has 16 heavy (non-hydrogen) atoms. The van der Waals surface area contributed by atoms with E-state index in [1.54, 1.807) is 6.92 Å². The summed E-state index contributed by atoms with van der Waals surface area (Å²) in [5, 5.41) is 11.5. The zero-order chi connectivity index (χ0) is 12.1. The number of nitrogens with one attached hydrogen (secondary N) is 1. The van der Waals surface area contributed by atoms with Gasteiger partial charge in [-0.15, -0.1) is 0 Å². The number of carboxylic acids is 1. The van der Waals surface area contributed by atoms with Crippen LogP contribution in [0, 0.1) is 5.92 Å². The minimum absolute atomic E-state index is 0.117. The number of carbonyl (C=O) groups is 2. The molecule has 1 unspecified atom stereocenters. The molecular weight excluding hydrogens is 210 g/mol. The van der Waals surface area contributed by atoms with Crippen molar-refractivity contribution in [2.24, 2.45) is 5.92 Å². The molecule has 1 rings (SSSR count). The first-order valence-electron chi connectivity index (χ1n) is 5.12. The highest BCUT2D eigenvalue weighted by Gasteiger charge is 2.25. The Labute approximate surface area is 93.4 Å². The lowest BCUT2D eigenvalue weighted by Crippen LogP contribution is -2.44. The predicted molar refractivity (Wildman–Crippen MR) is 57.1 cm³/mol. The van der Waals surface area contributed by atoms with Crippen molar-refractivity contribution in [3.05, 3.63) is 24.2 Å². The molecule has 0 saturated carbocycles. The number of amides is 1. The number of carboxylic acid groups (broad SMARTS) is 1. The summed E-state index contributed by atoms with van der Waals surface area (Å²) in [6, 6.07) is 0.623. The van der Waals surface area contributed by atoms with Crippen molar-refractivity contribution in [2.75, 3.05) is 0 Å². The van der Waals surface area contributed by atoms with Crippen molar-refractivity contribution in [1.82, 2.24) is 5.32 Å². The quantitative estimate of drug-likeness (QED) is 0.796. The maximum absolute atomic E-state index is 11.6. The Morgan fingerprint density at radius 2 is 2.25 bits per heavy atom. The summed E-state index contributed by atoms with van der Waals surface area (Å²) < 4.78 is 4.76. The Balaban J connectivity index is 2.69. The zero-order valence-electron chi connectivity index (χ0n) is 9.27. The van der Waals surface area contributed by atoms with Gasteiger partial charge in [-0.2, -0.15) is 0 Å². The normalized spacial score (nSPS) is 14.1. The smallest absolute Gasteiger partial charge is 0.326 e. The molecular formula is C11H15NO4. The lowest BCUT2D eigenvalue weighted by Gasteiger charge is -2.19. The summed E-state index contributed by atoms with van der Waals surface area (Å²) in [6.07, 6.45) is 3.33. The molecule has 88 valence electrons. The maximum Gasteiger partial charge on any atom is 0.326 e. The first kappa shape index (κ1) is 12.3. The van der Waals surface area contributed by atoms with Crippen LogP contribution in [0.25, 0.3) is 0 Å². The zero-order valence-corrected chi connectivity index (χ0v) is 9.27. The van der Waals surface area contributed by atoms with Crippen molar-refractivity contribution in [3.8, 4) is 0 Å². The van der Waals surface area contributed by atoms with Gasteiger partial charge in [0.15, 0.2) is 0 Å². The lowest BCUT2D eigenvalue weighted by molar-refractivity contribution is -0.140. The van der Waals surface area contributed by atoms with E-state index in [0.29, 0.717) is 12.0 Å². The fourth-order valence-corrected chi connectivity index (χ4v) is 1.30. The third-order valence-electron chi connectivity index (χ3n) is 2.55. The van der Waals surface area contributed by atoms with E-state index in [1.165, 1.54) is 18.6 Å². The van der Waals surface area contributed by atoms with E-state index in [0.717, 1.165) is 0 Å². The van der Waals surface area contributed by atoms with E-state index in [4.69, 9.17) is 9.52 Å². The van der Waals surface area contributed by atoms with E-state index >= 15 is 0 Å². The van der Waals surface area contributed by atoms with E-state index in [2.05, 4.69) is 5.32 Å². The number of furan rings is 1. The summed E-state index contributed by atoms with van der Waals surface area (Å²) >= 11 is 0. The molecule has 0 aromatic carbocycles. The second kappa shape index (κ2) is 5.34. The molecule has 1 aromatic rings. The van der Waals surface area contributed by atoms with Crippen LogP contribution in [0.15, 0.2) is 23.0 Å². The topological polar surface area (TPSA) is 79.5 Å². The molecule has 0 saturated heterocycles. The van der Waals surface area contributed by atoms with Crippen LogP contribution in [-0.2, 0) is 4.79 Å². The van der Waals surface area contributed by atoms with Gasteiger partial charge in [0.1, 0.15) is 12.3 Å². The van der Waals surface area contributed by atoms with Crippen molar-refractivity contribution in [1.29, 1.82) is 0 Å². The highest BCUT2D eigenvalue weighted by Crippen LogP contribution is 2.09. The Kier molecular flexibility index (Phi) is 4.10. The molecule has 5 heteroatoms. The van der Waals surface area contributed by atoms with Crippen molar-refractivity contribution in [2.45, 2.75) is 26.3 Å². The molecule has 0 aliphatic rings. The van der Waals surface area contributed by atoms with Gasteiger partial charge in [0, 0.05) is 0 Å². The minimum atomic E-state index is -1.02. The third-order valence-corrected chi connectivity index (χ3v) is 2.55. The summed E-state index contributed by atoms with van der Waals surface area (Å²) in [6.45, 7) is 3.67. The fraction of sp³-hybridized carbons (Fsp3) is 0.455. The molecule has 0 fully saturated rings. The molecule has 1 heterocycles. The number of rotatable bonds is 5. The molecule has 2 atom stereocenters. The fourth-order valence-electron chi connectivity index (χ4n) is 1.30. The van der Waals surface area contributed by atoms with Gasteiger partial charge < -0.3 is 14.8 Å². The Morgan fingerprint density at radius 3 is 2.69 bits per heavy atom. The van der Waals surface area contributed by atoms with Gasteiger partial charge >= 0.3 is 5.97 Å². The second-order valence-corrected chi connectivity index (χ2v) is 3.69. The maximum atomic E-state index is 11.6. The van der Waals surface area contributed by atoms with E-state index in [9.17, 15) is 9.59 Å². The van der Waals surface area contributed by atoms with Crippen molar-refractivity contribution < 1.29 is 19.1 Å². The average molecular weight is 225 g/mol. The van der Waals surface area contributed by atoms with Crippen LogP contribution in [0.2, 0.25) is 0 Å². The molecule has 1 amide bonds. The van der Waals surface area contributed by atoms with E-state index < -0.39 is 17.9 Å². The number of hydrogen-bond donors (Lipinski definition) is 2. The Hall–Kier alpha value is -1.78. The van der Waals surface area contributed by atoms with Gasteiger partial charge in [0.05, 0.1) is 11.8 Å². The van der Waals surface area contributed by atoms with Gasteiger partial charge in [-0.05, 0) is 12.0 Å². The molecule has 0 spiro atoms. The van der Waals surface area contributed by atoms with Gasteiger partial charge in [-0.25, -0.2) is 4.79 Å².